The number of alkyl halides is 6. The second-order valence-electron chi connectivity index (χ2n) is 8.62. The first-order valence-corrected chi connectivity index (χ1v) is 11.5. The van der Waals surface area contributed by atoms with Crippen LogP contribution in [-0.4, -0.2) is 60.0 Å². The van der Waals surface area contributed by atoms with Gasteiger partial charge in [-0.25, -0.2) is 4.98 Å². The summed E-state index contributed by atoms with van der Waals surface area (Å²) < 4.78 is 85.1. The first-order valence-electron chi connectivity index (χ1n) is 11.1. The lowest BCUT2D eigenvalue weighted by Gasteiger charge is -2.21. The lowest BCUT2D eigenvalue weighted by Crippen LogP contribution is -2.28. The number of hydrogen-bond acceptors (Lipinski definition) is 5. The zero-order valence-electron chi connectivity index (χ0n) is 20.5. The first-order chi connectivity index (χ1) is 17.7. The molecule has 0 aliphatic carbocycles. The van der Waals surface area contributed by atoms with E-state index in [0.717, 1.165) is 4.90 Å². The summed E-state index contributed by atoms with van der Waals surface area (Å²) in [4.78, 5) is 24.6. The number of halogens is 7. The Hall–Kier alpha value is -3.38. The molecule has 0 radical (unpaired) electrons. The molecule has 1 aromatic heterocycles. The van der Waals surface area contributed by atoms with E-state index in [2.05, 4.69) is 9.97 Å². The van der Waals surface area contributed by atoms with Gasteiger partial charge in [0.15, 0.2) is 0 Å². The molecule has 1 heterocycles. The predicted octanol–water partition coefficient (Wildman–Crippen LogP) is 6.05. The number of rotatable bonds is 8. The highest BCUT2D eigenvalue weighted by Crippen LogP contribution is 2.37. The molecule has 0 N–H and O–H groups in total. The number of hydrogen-bond donors (Lipinski definition) is 0. The SMILES string of the molecule is CN(C)CCOc1ncc(C(=O)N(C)Cc2cc(C(F)(F)F)cc(C(F)(F)F)c2)c(-c2ccccc2Cl)n1. The summed E-state index contributed by atoms with van der Waals surface area (Å²) in [6.07, 6.45) is -8.83. The number of aromatic nitrogens is 2. The van der Waals surface area contributed by atoms with E-state index in [9.17, 15) is 31.1 Å². The monoisotopic (exact) mass is 560 g/mol. The molecule has 1 amide bonds. The smallest absolute Gasteiger partial charge is 0.416 e. The van der Waals surface area contributed by atoms with Crippen LogP contribution in [0.3, 0.4) is 0 Å². The molecule has 0 unspecified atom stereocenters. The van der Waals surface area contributed by atoms with E-state index in [4.69, 9.17) is 16.3 Å². The second-order valence-corrected chi connectivity index (χ2v) is 9.03. The fourth-order valence-corrected chi connectivity index (χ4v) is 3.66. The van der Waals surface area contributed by atoms with E-state index in [1.54, 1.807) is 24.3 Å². The van der Waals surface area contributed by atoms with Gasteiger partial charge in [-0.2, -0.15) is 31.3 Å². The average molecular weight is 561 g/mol. The molecule has 3 aromatic rings. The Bertz CT molecular complexity index is 1270. The third-order valence-corrected chi connectivity index (χ3v) is 5.64. The van der Waals surface area contributed by atoms with E-state index in [1.165, 1.54) is 13.2 Å². The Kier molecular flexibility index (Phi) is 8.88. The molecular weight excluding hydrogens is 538 g/mol. The van der Waals surface area contributed by atoms with Crippen molar-refractivity contribution in [3.05, 3.63) is 75.9 Å². The van der Waals surface area contributed by atoms with Crippen molar-refractivity contribution in [1.82, 2.24) is 19.8 Å². The summed E-state index contributed by atoms with van der Waals surface area (Å²) in [6, 6.07) is 7.66. The standard InChI is InChI=1S/C25H23ClF6N4O2/c1-35(2)8-9-38-23-33-13-19(21(34-23)18-6-4-5-7-20(18)26)22(37)36(3)14-15-10-16(24(27,28)29)12-17(11-15)25(30,31)32/h4-7,10-13H,8-9,14H2,1-3H3. The highest BCUT2D eigenvalue weighted by atomic mass is 35.5. The summed E-state index contributed by atoms with van der Waals surface area (Å²) in [5, 5.41) is 0.259. The van der Waals surface area contributed by atoms with Crippen LogP contribution in [0.5, 0.6) is 6.01 Å². The van der Waals surface area contributed by atoms with Gasteiger partial charge in [-0.1, -0.05) is 29.8 Å². The topological polar surface area (TPSA) is 58.6 Å². The number of carbonyl (C=O) groups excluding carboxylic acids is 1. The highest BCUT2D eigenvalue weighted by Gasteiger charge is 2.37. The maximum Gasteiger partial charge on any atom is 0.416 e. The fraction of sp³-hybridized carbons (Fsp3) is 0.320. The highest BCUT2D eigenvalue weighted by molar-refractivity contribution is 6.33. The Morgan fingerprint density at radius 1 is 0.974 bits per heavy atom. The first kappa shape index (κ1) is 29.2. The van der Waals surface area contributed by atoms with Gasteiger partial charge in [0, 0.05) is 36.9 Å². The largest absolute Gasteiger partial charge is 0.462 e. The summed E-state index contributed by atoms with van der Waals surface area (Å²) >= 11 is 6.32. The molecule has 0 aliphatic rings. The minimum absolute atomic E-state index is 0.0314. The van der Waals surface area contributed by atoms with E-state index >= 15 is 0 Å². The number of likely N-dealkylation sites (N-methyl/N-ethyl adjacent to an activating group) is 1. The Balaban J connectivity index is 1.98. The van der Waals surface area contributed by atoms with Gasteiger partial charge in [-0.3, -0.25) is 4.79 Å². The van der Waals surface area contributed by atoms with Gasteiger partial charge in [-0.15, -0.1) is 0 Å². The maximum absolute atomic E-state index is 13.3. The van der Waals surface area contributed by atoms with Gasteiger partial charge in [0.1, 0.15) is 6.61 Å². The molecule has 13 heteroatoms. The summed E-state index contributed by atoms with van der Waals surface area (Å²) in [6.45, 7) is 0.263. The van der Waals surface area contributed by atoms with E-state index < -0.39 is 35.9 Å². The summed E-state index contributed by atoms with van der Waals surface area (Å²) in [7, 11) is 4.94. The van der Waals surface area contributed by atoms with Crippen LogP contribution in [0.4, 0.5) is 26.3 Å². The van der Waals surface area contributed by atoms with E-state index in [0.29, 0.717) is 24.2 Å². The van der Waals surface area contributed by atoms with Crippen LogP contribution in [0.2, 0.25) is 5.02 Å². The van der Waals surface area contributed by atoms with Crippen LogP contribution in [0.1, 0.15) is 27.0 Å². The minimum Gasteiger partial charge on any atom is -0.462 e. The average Bonchev–Trinajstić information content (AvgIpc) is 2.82. The van der Waals surface area contributed by atoms with Crippen LogP contribution >= 0.6 is 11.6 Å². The summed E-state index contributed by atoms with van der Waals surface area (Å²) in [5.74, 6) is -0.745. The van der Waals surface area contributed by atoms with Crippen LogP contribution in [-0.2, 0) is 18.9 Å². The van der Waals surface area contributed by atoms with Crippen molar-refractivity contribution in [1.29, 1.82) is 0 Å². The van der Waals surface area contributed by atoms with Gasteiger partial charge < -0.3 is 14.5 Å². The molecule has 0 atom stereocenters. The molecule has 0 spiro atoms. The number of nitrogens with zero attached hydrogens (tertiary/aromatic N) is 4. The molecular formula is C25H23ClF6N4O2. The molecule has 0 saturated heterocycles. The van der Waals surface area contributed by atoms with Gasteiger partial charge in [-0.05, 0) is 43.9 Å². The van der Waals surface area contributed by atoms with Crippen LogP contribution in [0.25, 0.3) is 11.3 Å². The molecule has 3 rings (SSSR count). The van der Waals surface area contributed by atoms with Crippen LogP contribution in [0.15, 0.2) is 48.7 Å². The maximum atomic E-state index is 13.3. The lowest BCUT2D eigenvalue weighted by atomic mass is 10.0. The summed E-state index contributed by atoms with van der Waals surface area (Å²) in [5.41, 5.74) is -2.90. The van der Waals surface area contributed by atoms with Gasteiger partial charge in [0.25, 0.3) is 5.91 Å². The zero-order chi connectivity index (χ0) is 28.3. The third kappa shape index (κ3) is 7.35. The molecule has 38 heavy (non-hydrogen) atoms. The molecule has 2 aromatic carbocycles. The van der Waals surface area contributed by atoms with Gasteiger partial charge in [0.2, 0.25) is 0 Å². The fourth-order valence-electron chi connectivity index (χ4n) is 3.43. The normalized spacial score (nSPS) is 12.1. The lowest BCUT2D eigenvalue weighted by molar-refractivity contribution is -0.143. The van der Waals surface area contributed by atoms with Crippen molar-refractivity contribution < 1.29 is 35.9 Å². The van der Waals surface area contributed by atoms with Crippen molar-refractivity contribution in [3.8, 4) is 17.3 Å². The Morgan fingerprint density at radius 3 is 2.13 bits per heavy atom. The minimum atomic E-state index is -5.01. The number of carbonyl (C=O) groups is 1. The number of amides is 1. The number of benzene rings is 2. The Morgan fingerprint density at radius 2 is 1.58 bits per heavy atom. The van der Waals surface area contributed by atoms with Crippen molar-refractivity contribution in [2.45, 2.75) is 18.9 Å². The third-order valence-electron chi connectivity index (χ3n) is 5.31. The van der Waals surface area contributed by atoms with Crippen LogP contribution in [0, 0.1) is 0 Å². The predicted molar refractivity (Wildman–Crippen MR) is 129 cm³/mol. The van der Waals surface area contributed by atoms with Crippen molar-refractivity contribution >= 4 is 17.5 Å². The second kappa shape index (κ2) is 11.6. The van der Waals surface area contributed by atoms with E-state index in [1.807, 2.05) is 19.0 Å². The molecule has 0 fully saturated rings. The molecule has 0 aliphatic heterocycles. The zero-order valence-corrected chi connectivity index (χ0v) is 21.2. The molecule has 0 saturated carbocycles. The molecule has 6 nitrogen and oxygen atoms in total. The molecule has 0 bridgehead atoms. The number of ether oxygens (including phenoxy) is 1. The van der Waals surface area contributed by atoms with Crippen molar-refractivity contribution in [2.75, 3.05) is 34.3 Å². The van der Waals surface area contributed by atoms with Crippen LogP contribution < -0.4 is 4.74 Å². The van der Waals surface area contributed by atoms with Crippen molar-refractivity contribution in [2.24, 2.45) is 0 Å². The van der Waals surface area contributed by atoms with Crippen molar-refractivity contribution in [3.63, 3.8) is 0 Å². The van der Waals surface area contributed by atoms with E-state index in [-0.39, 0.29) is 40.5 Å². The van der Waals surface area contributed by atoms with Gasteiger partial charge >= 0.3 is 18.4 Å². The quantitative estimate of drug-likeness (QED) is 0.314. The Labute approximate surface area is 219 Å². The van der Waals surface area contributed by atoms with Gasteiger partial charge in [0.05, 0.1) is 22.4 Å². The molecule has 204 valence electrons.